The number of alkyl halides is 3. The Balaban J connectivity index is 1.72. The molecule has 3 aromatic carbocycles. The monoisotopic (exact) mass is 421 g/mol. The van der Waals surface area contributed by atoms with E-state index in [1.807, 2.05) is 12.1 Å². The van der Waals surface area contributed by atoms with E-state index in [-0.39, 0.29) is 5.91 Å². The molecular weight excluding hydrogens is 407 g/mol. The zero-order valence-corrected chi connectivity index (χ0v) is 16.0. The fraction of sp³-hybridized carbons (Fsp3) is 0.0952. The molecule has 0 fully saturated rings. The molecule has 0 spiro atoms. The van der Waals surface area contributed by atoms with Crippen LogP contribution < -0.4 is 5.32 Å². The van der Waals surface area contributed by atoms with Crippen LogP contribution in [0, 0.1) is 0 Å². The third-order valence-electron chi connectivity index (χ3n) is 3.89. The molecule has 3 aromatic rings. The molecule has 0 unspecified atom stereocenters. The Bertz CT molecular complexity index is 974. The SMILES string of the molecule is O=C(Nc1ccccc1SCc1cccc(C(F)(F)F)c1)c1ccc(Cl)cc1. The van der Waals surface area contributed by atoms with Crippen LogP contribution in [0.2, 0.25) is 5.02 Å². The summed E-state index contributed by atoms with van der Waals surface area (Å²) < 4.78 is 38.6. The van der Waals surface area contributed by atoms with Gasteiger partial charge in [-0.3, -0.25) is 4.79 Å². The van der Waals surface area contributed by atoms with Gasteiger partial charge in [0.05, 0.1) is 11.3 Å². The van der Waals surface area contributed by atoms with E-state index in [4.69, 9.17) is 11.6 Å². The van der Waals surface area contributed by atoms with Crippen LogP contribution in [0.25, 0.3) is 0 Å². The molecule has 28 heavy (non-hydrogen) atoms. The molecule has 0 aliphatic rings. The molecular formula is C21H15ClF3NOS. The minimum absolute atomic E-state index is 0.288. The van der Waals surface area contributed by atoms with Crippen LogP contribution in [0.15, 0.2) is 77.7 Å². The van der Waals surface area contributed by atoms with E-state index >= 15 is 0 Å². The summed E-state index contributed by atoms with van der Waals surface area (Å²) >= 11 is 7.19. The van der Waals surface area contributed by atoms with Gasteiger partial charge in [-0.15, -0.1) is 11.8 Å². The molecule has 0 radical (unpaired) electrons. The summed E-state index contributed by atoms with van der Waals surface area (Å²) in [4.78, 5) is 13.2. The summed E-state index contributed by atoms with van der Waals surface area (Å²) in [6.45, 7) is 0. The summed E-state index contributed by atoms with van der Waals surface area (Å²) in [5, 5.41) is 3.37. The Morgan fingerprint density at radius 1 is 0.964 bits per heavy atom. The largest absolute Gasteiger partial charge is 0.416 e. The normalized spacial score (nSPS) is 11.3. The van der Waals surface area contributed by atoms with E-state index in [0.717, 1.165) is 17.0 Å². The molecule has 0 bridgehead atoms. The number of hydrogen-bond acceptors (Lipinski definition) is 2. The summed E-state index contributed by atoms with van der Waals surface area (Å²) in [7, 11) is 0. The van der Waals surface area contributed by atoms with E-state index in [1.54, 1.807) is 42.5 Å². The number of carbonyl (C=O) groups excluding carboxylic acids is 1. The van der Waals surface area contributed by atoms with Gasteiger partial charge in [-0.2, -0.15) is 13.2 Å². The van der Waals surface area contributed by atoms with Gasteiger partial charge in [0.15, 0.2) is 0 Å². The molecule has 7 heteroatoms. The first-order chi connectivity index (χ1) is 13.3. The maximum absolute atomic E-state index is 12.9. The van der Waals surface area contributed by atoms with Crippen molar-refractivity contribution in [2.24, 2.45) is 0 Å². The average molecular weight is 422 g/mol. The average Bonchev–Trinajstić information content (AvgIpc) is 2.67. The first kappa shape index (κ1) is 20.3. The van der Waals surface area contributed by atoms with Gasteiger partial charge in [-0.1, -0.05) is 41.9 Å². The van der Waals surface area contributed by atoms with Gasteiger partial charge >= 0.3 is 6.18 Å². The number of halogens is 4. The summed E-state index contributed by atoms with van der Waals surface area (Å²) in [6.07, 6.45) is -4.37. The van der Waals surface area contributed by atoms with Crippen LogP contribution in [0.4, 0.5) is 18.9 Å². The number of benzene rings is 3. The van der Waals surface area contributed by atoms with Gasteiger partial charge in [0, 0.05) is 21.2 Å². The van der Waals surface area contributed by atoms with Gasteiger partial charge < -0.3 is 5.32 Å². The zero-order chi connectivity index (χ0) is 20.1. The molecule has 1 amide bonds. The minimum atomic E-state index is -4.37. The van der Waals surface area contributed by atoms with Gasteiger partial charge in [0.1, 0.15) is 0 Å². The highest BCUT2D eigenvalue weighted by atomic mass is 35.5. The number of carbonyl (C=O) groups is 1. The molecule has 0 atom stereocenters. The van der Waals surface area contributed by atoms with E-state index in [2.05, 4.69) is 5.32 Å². The van der Waals surface area contributed by atoms with Gasteiger partial charge in [-0.25, -0.2) is 0 Å². The van der Waals surface area contributed by atoms with Crippen molar-refractivity contribution < 1.29 is 18.0 Å². The lowest BCUT2D eigenvalue weighted by molar-refractivity contribution is -0.137. The van der Waals surface area contributed by atoms with Gasteiger partial charge in [0.25, 0.3) is 5.91 Å². The number of rotatable bonds is 5. The summed E-state index contributed by atoms with van der Waals surface area (Å²) in [6, 6.07) is 18.9. The van der Waals surface area contributed by atoms with Crippen molar-refractivity contribution in [3.63, 3.8) is 0 Å². The standard InChI is InChI=1S/C21H15ClF3NOS/c22-17-10-8-15(9-11-17)20(27)26-18-6-1-2-7-19(18)28-13-14-4-3-5-16(12-14)21(23,24)25/h1-12H,13H2,(H,26,27). The molecule has 2 nitrogen and oxygen atoms in total. The molecule has 3 rings (SSSR count). The van der Waals surface area contributed by atoms with Crippen LogP contribution >= 0.6 is 23.4 Å². The van der Waals surface area contributed by atoms with E-state index in [0.29, 0.717) is 27.6 Å². The van der Waals surface area contributed by atoms with Crippen molar-refractivity contribution in [2.75, 3.05) is 5.32 Å². The Morgan fingerprint density at radius 3 is 2.39 bits per heavy atom. The Kier molecular flexibility index (Phi) is 6.31. The predicted molar refractivity (Wildman–Crippen MR) is 107 cm³/mol. The number of hydrogen-bond donors (Lipinski definition) is 1. The van der Waals surface area contributed by atoms with E-state index in [1.165, 1.54) is 17.8 Å². The topological polar surface area (TPSA) is 29.1 Å². The third kappa shape index (κ3) is 5.30. The summed E-state index contributed by atoms with van der Waals surface area (Å²) in [5.41, 5.74) is 0.940. The Labute approximate surface area is 169 Å². The molecule has 144 valence electrons. The number of para-hydroxylation sites is 1. The van der Waals surface area contributed by atoms with Gasteiger partial charge in [-0.05, 0) is 48.0 Å². The zero-order valence-electron chi connectivity index (χ0n) is 14.5. The van der Waals surface area contributed by atoms with E-state index in [9.17, 15) is 18.0 Å². The minimum Gasteiger partial charge on any atom is -0.321 e. The lowest BCUT2D eigenvalue weighted by atomic mass is 10.1. The van der Waals surface area contributed by atoms with Crippen molar-refractivity contribution in [1.82, 2.24) is 0 Å². The molecule has 1 N–H and O–H groups in total. The van der Waals surface area contributed by atoms with Crippen molar-refractivity contribution in [3.05, 3.63) is 94.5 Å². The third-order valence-corrected chi connectivity index (χ3v) is 5.29. The Hall–Kier alpha value is -2.44. The predicted octanol–water partition coefficient (Wildman–Crippen LogP) is 6.90. The van der Waals surface area contributed by atoms with Crippen LogP contribution in [0.1, 0.15) is 21.5 Å². The van der Waals surface area contributed by atoms with Gasteiger partial charge in [0.2, 0.25) is 0 Å². The molecule has 0 aliphatic heterocycles. The van der Waals surface area contributed by atoms with Crippen LogP contribution in [0.5, 0.6) is 0 Å². The first-order valence-electron chi connectivity index (χ1n) is 8.28. The van der Waals surface area contributed by atoms with Crippen molar-refractivity contribution in [2.45, 2.75) is 16.8 Å². The molecule has 0 saturated carbocycles. The second-order valence-corrected chi connectivity index (χ2v) is 7.40. The van der Waals surface area contributed by atoms with Crippen LogP contribution in [-0.2, 0) is 11.9 Å². The quantitative estimate of drug-likeness (QED) is 0.454. The van der Waals surface area contributed by atoms with E-state index < -0.39 is 11.7 Å². The molecule has 0 aromatic heterocycles. The number of amides is 1. The maximum atomic E-state index is 12.9. The number of anilines is 1. The fourth-order valence-corrected chi connectivity index (χ4v) is 3.57. The maximum Gasteiger partial charge on any atom is 0.416 e. The van der Waals surface area contributed by atoms with Crippen molar-refractivity contribution in [1.29, 1.82) is 0 Å². The highest BCUT2D eigenvalue weighted by molar-refractivity contribution is 7.98. The molecule has 0 saturated heterocycles. The second kappa shape index (κ2) is 8.71. The van der Waals surface area contributed by atoms with Crippen molar-refractivity contribution >= 4 is 35.0 Å². The Morgan fingerprint density at radius 2 is 1.68 bits per heavy atom. The molecule has 0 aliphatic carbocycles. The fourth-order valence-electron chi connectivity index (χ4n) is 2.49. The first-order valence-corrected chi connectivity index (χ1v) is 9.64. The van der Waals surface area contributed by atoms with Crippen molar-refractivity contribution in [3.8, 4) is 0 Å². The molecule has 0 heterocycles. The highest BCUT2D eigenvalue weighted by Gasteiger charge is 2.30. The summed E-state index contributed by atoms with van der Waals surface area (Å²) in [5.74, 6) is 0.0568. The lowest BCUT2D eigenvalue weighted by Crippen LogP contribution is -2.12. The number of thioether (sulfide) groups is 1. The lowest BCUT2D eigenvalue weighted by Gasteiger charge is -2.12. The van der Waals surface area contributed by atoms with Crippen LogP contribution in [-0.4, -0.2) is 5.91 Å². The highest BCUT2D eigenvalue weighted by Crippen LogP contribution is 2.33. The second-order valence-electron chi connectivity index (χ2n) is 5.94. The smallest absolute Gasteiger partial charge is 0.321 e. The number of nitrogens with one attached hydrogen (secondary N) is 1. The van der Waals surface area contributed by atoms with Crippen LogP contribution in [0.3, 0.4) is 0 Å².